The number of rotatable bonds is 1. The Balaban J connectivity index is 2.00. The number of halogens is 1. The molecule has 92 valence electrons. The van der Waals surface area contributed by atoms with E-state index in [1.807, 2.05) is 18.2 Å². The van der Waals surface area contributed by atoms with E-state index in [0.29, 0.717) is 17.9 Å². The molecule has 0 aliphatic carbocycles. The Kier molecular flexibility index (Phi) is 2.63. The highest BCUT2D eigenvalue weighted by molar-refractivity contribution is 9.10. The van der Waals surface area contributed by atoms with Gasteiger partial charge in [0.1, 0.15) is 5.69 Å². The molecule has 1 aromatic carbocycles. The molecule has 3 rings (SSSR count). The van der Waals surface area contributed by atoms with Gasteiger partial charge in [0.05, 0.1) is 11.4 Å². The van der Waals surface area contributed by atoms with Crippen LogP contribution < -0.4 is 10.6 Å². The van der Waals surface area contributed by atoms with Gasteiger partial charge >= 0.3 is 0 Å². The maximum Gasteiger partial charge on any atom is 0.274 e. The van der Waals surface area contributed by atoms with E-state index in [4.69, 9.17) is 5.73 Å². The summed E-state index contributed by atoms with van der Waals surface area (Å²) in [6, 6.07) is 7.55. The molecule has 18 heavy (non-hydrogen) atoms. The fourth-order valence-electron chi connectivity index (χ4n) is 2.33. The zero-order valence-electron chi connectivity index (χ0n) is 9.61. The zero-order valence-corrected chi connectivity index (χ0v) is 11.2. The summed E-state index contributed by atoms with van der Waals surface area (Å²) in [7, 11) is 0. The molecule has 0 saturated carbocycles. The number of hydrogen-bond donors (Lipinski definition) is 2. The van der Waals surface area contributed by atoms with Crippen LogP contribution in [0.5, 0.6) is 0 Å². The Morgan fingerprint density at radius 2 is 2.28 bits per heavy atom. The van der Waals surface area contributed by atoms with Gasteiger partial charge in [0.2, 0.25) is 0 Å². The maximum atomic E-state index is 12.4. The number of hydrogen-bond acceptors (Lipinski definition) is 2. The molecule has 4 nitrogen and oxygen atoms in total. The number of nitrogens with one attached hydrogen (secondary N) is 1. The topological polar surface area (TPSA) is 62.1 Å². The van der Waals surface area contributed by atoms with E-state index in [1.54, 1.807) is 17.2 Å². The van der Waals surface area contributed by atoms with E-state index in [-0.39, 0.29) is 5.91 Å². The van der Waals surface area contributed by atoms with Crippen molar-refractivity contribution in [3.05, 3.63) is 46.2 Å². The molecule has 0 radical (unpaired) electrons. The van der Waals surface area contributed by atoms with Crippen molar-refractivity contribution < 1.29 is 4.79 Å². The number of nitrogen functional groups attached to an aromatic ring is 1. The number of aromatic nitrogens is 1. The van der Waals surface area contributed by atoms with Gasteiger partial charge in [-0.25, -0.2) is 0 Å². The molecule has 1 aliphatic rings. The average molecular weight is 306 g/mol. The van der Waals surface area contributed by atoms with Crippen molar-refractivity contribution in [2.24, 2.45) is 0 Å². The summed E-state index contributed by atoms with van der Waals surface area (Å²) in [5, 5.41) is 0. The van der Waals surface area contributed by atoms with Crippen molar-refractivity contribution in [2.75, 3.05) is 17.2 Å². The van der Waals surface area contributed by atoms with Gasteiger partial charge in [-0.2, -0.15) is 0 Å². The zero-order chi connectivity index (χ0) is 12.7. The number of fused-ring (bicyclic) bond motifs is 1. The van der Waals surface area contributed by atoms with Crippen molar-refractivity contribution in [3.8, 4) is 0 Å². The number of carbonyl (C=O) groups is 1. The molecule has 0 unspecified atom stereocenters. The third-order valence-electron chi connectivity index (χ3n) is 3.15. The Bertz CT molecular complexity index is 620. The number of H-pyrrole nitrogens is 1. The minimum atomic E-state index is -0.0441. The van der Waals surface area contributed by atoms with Crippen LogP contribution in [-0.4, -0.2) is 17.4 Å². The van der Waals surface area contributed by atoms with E-state index in [2.05, 4.69) is 20.9 Å². The van der Waals surface area contributed by atoms with Gasteiger partial charge in [0.15, 0.2) is 0 Å². The van der Waals surface area contributed by atoms with Crippen molar-refractivity contribution in [1.82, 2.24) is 4.98 Å². The van der Waals surface area contributed by atoms with Gasteiger partial charge < -0.3 is 15.6 Å². The number of amides is 1. The van der Waals surface area contributed by atoms with Crippen molar-refractivity contribution in [3.63, 3.8) is 0 Å². The molecule has 0 atom stereocenters. The lowest BCUT2D eigenvalue weighted by Crippen LogP contribution is -2.29. The number of para-hydroxylation sites is 1. The summed E-state index contributed by atoms with van der Waals surface area (Å²) in [5.74, 6) is -0.0441. The summed E-state index contributed by atoms with van der Waals surface area (Å²) >= 11 is 3.33. The molecule has 5 heteroatoms. The molecule has 2 heterocycles. The summed E-state index contributed by atoms with van der Waals surface area (Å²) in [6.45, 7) is 0.680. The third-order valence-corrected chi connectivity index (χ3v) is 3.61. The van der Waals surface area contributed by atoms with Gasteiger partial charge in [0.25, 0.3) is 5.91 Å². The Morgan fingerprint density at radius 3 is 3.00 bits per heavy atom. The first kappa shape index (κ1) is 11.3. The normalized spacial score (nSPS) is 13.7. The van der Waals surface area contributed by atoms with Gasteiger partial charge in [-0.15, -0.1) is 0 Å². The minimum absolute atomic E-state index is 0.0441. The molecular formula is C13H12BrN3O. The van der Waals surface area contributed by atoms with Gasteiger partial charge in [-0.05, 0) is 40.0 Å². The van der Waals surface area contributed by atoms with Crippen LogP contribution in [0.3, 0.4) is 0 Å². The molecule has 2 aromatic rings. The first-order valence-electron chi connectivity index (χ1n) is 5.70. The second-order valence-electron chi connectivity index (χ2n) is 4.29. The number of nitrogens with two attached hydrogens (primary N) is 1. The minimum Gasteiger partial charge on any atom is -0.397 e. The molecule has 0 bridgehead atoms. The van der Waals surface area contributed by atoms with Crippen LogP contribution in [0.1, 0.15) is 16.1 Å². The molecule has 3 N–H and O–H groups in total. The number of anilines is 2. The summed E-state index contributed by atoms with van der Waals surface area (Å²) < 4.78 is 0.867. The van der Waals surface area contributed by atoms with Crippen LogP contribution in [-0.2, 0) is 6.42 Å². The lowest BCUT2D eigenvalue weighted by molar-refractivity contribution is 0.0985. The maximum absolute atomic E-state index is 12.4. The van der Waals surface area contributed by atoms with Gasteiger partial charge in [-0.1, -0.05) is 12.1 Å². The lowest BCUT2D eigenvalue weighted by Gasteiger charge is -2.18. The van der Waals surface area contributed by atoms with E-state index < -0.39 is 0 Å². The number of carbonyl (C=O) groups excluding carboxylic acids is 1. The summed E-state index contributed by atoms with van der Waals surface area (Å²) in [6.07, 6.45) is 2.60. The third kappa shape index (κ3) is 1.71. The Morgan fingerprint density at radius 1 is 1.44 bits per heavy atom. The second-order valence-corrected chi connectivity index (χ2v) is 5.21. The van der Waals surface area contributed by atoms with Crippen LogP contribution in [0.25, 0.3) is 0 Å². The fourth-order valence-corrected chi connectivity index (χ4v) is 2.67. The van der Waals surface area contributed by atoms with E-state index in [9.17, 15) is 4.79 Å². The molecule has 0 fully saturated rings. The summed E-state index contributed by atoms with van der Waals surface area (Å²) in [5.41, 5.74) is 9.18. The van der Waals surface area contributed by atoms with Crippen LogP contribution in [0.2, 0.25) is 0 Å². The smallest absolute Gasteiger partial charge is 0.274 e. The Hall–Kier alpha value is -1.75. The lowest BCUT2D eigenvalue weighted by atomic mass is 10.1. The standard InChI is InChI=1S/C13H12BrN3O/c14-9-6-11(16-7-9)13(18)17-5-4-8-2-1-3-10(15)12(8)17/h1-3,6-7,16H,4-5,15H2. The highest BCUT2D eigenvalue weighted by atomic mass is 79.9. The molecule has 1 aromatic heterocycles. The first-order valence-corrected chi connectivity index (χ1v) is 6.49. The number of nitrogens with zero attached hydrogens (tertiary/aromatic N) is 1. The molecule has 0 spiro atoms. The highest BCUT2D eigenvalue weighted by Gasteiger charge is 2.27. The average Bonchev–Trinajstić information content (AvgIpc) is 2.95. The van der Waals surface area contributed by atoms with Crippen molar-refractivity contribution >= 4 is 33.2 Å². The van der Waals surface area contributed by atoms with Crippen molar-refractivity contribution in [2.45, 2.75) is 6.42 Å². The fraction of sp³-hybridized carbons (Fsp3) is 0.154. The predicted molar refractivity (Wildman–Crippen MR) is 74.7 cm³/mol. The summed E-state index contributed by atoms with van der Waals surface area (Å²) in [4.78, 5) is 17.1. The van der Waals surface area contributed by atoms with Crippen molar-refractivity contribution in [1.29, 1.82) is 0 Å². The van der Waals surface area contributed by atoms with E-state index >= 15 is 0 Å². The SMILES string of the molecule is Nc1cccc2c1N(C(=O)c1cc(Br)c[nH]1)CC2. The van der Waals surface area contributed by atoms with Gasteiger partial charge in [-0.3, -0.25) is 4.79 Å². The highest BCUT2D eigenvalue weighted by Crippen LogP contribution is 2.34. The van der Waals surface area contributed by atoms with Crippen LogP contribution in [0.15, 0.2) is 34.9 Å². The first-order chi connectivity index (χ1) is 8.66. The molecular weight excluding hydrogens is 294 g/mol. The number of aromatic amines is 1. The van der Waals surface area contributed by atoms with E-state index in [0.717, 1.165) is 22.1 Å². The second kappa shape index (κ2) is 4.17. The predicted octanol–water partition coefficient (Wildman–Crippen LogP) is 2.56. The molecule has 1 aliphatic heterocycles. The molecule has 0 saturated heterocycles. The Labute approximate surface area is 113 Å². The van der Waals surface area contributed by atoms with Crippen LogP contribution >= 0.6 is 15.9 Å². The van der Waals surface area contributed by atoms with E-state index in [1.165, 1.54) is 0 Å². The van der Waals surface area contributed by atoms with Gasteiger partial charge in [0, 0.05) is 17.2 Å². The van der Waals surface area contributed by atoms with Crippen LogP contribution in [0.4, 0.5) is 11.4 Å². The quantitative estimate of drug-likeness (QED) is 0.795. The number of benzene rings is 1. The largest absolute Gasteiger partial charge is 0.397 e. The monoisotopic (exact) mass is 305 g/mol. The van der Waals surface area contributed by atoms with Crippen LogP contribution in [0, 0.1) is 0 Å². The molecule has 1 amide bonds.